The molecule has 4 aliphatic carbocycles. The first-order valence-electron chi connectivity index (χ1n) is 8.91. The molecule has 1 N–H and O–H groups in total. The molecule has 1 atom stereocenters. The maximum atomic E-state index is 12.6. The molecule has 1 aromatic rings. The molecule has 4 bridgehead atoms. The summed E-state index contributed by atoms with van der Waals surface area (Å²) < 4.78 is 5.75. The number of nitrogens with one attached hydrogen (secondary N) is 1. The van der Waals surface area contributed by atoms with Crippen LogP contribution < -0.4 is 10.1 Å². The molecular formula is C19H23Cl2NO2. The molecule has 0 aromatic heterocycles. The highest BCUT2D eigenvalue weighted by molar-refractivity contribution is 6.35. The molecule has 0 spiro atoms. The first-order valence-corrected chi connectivity index (χ1v) is 9.67. The van der Waals surface area contributed by atoms with E-state index in [0.29, 0.717) is 33.7 Å². The molecule has 0 saturated heterocycles. The largest absolute Gasteiger partial charge is 0.479 e. The zero-order chi connectivity index (χ0) is 16.8. The van der Waals surface area contributed by atoms with E-state index in [4.69, 9.17) is 27.9 Å². The third-order valence-electron chi connectivity index (χ3n) is 6.10. The summed E-state index contributed by atoms with van der Waals surface area (Å²) in [6.07, 6.45) is 6.00. The minimum absolute atomic E-state index is 0.0431. The van der Waals surface area contributed by atoms with Crippen molar-refractivity contribution in [3.8, 4) is 5.75 Å². The molecule has 5 rings (SSSR count). The number of rotatable bonds is 4. The van der Waals surface area contributed by atoms with Gasteiger partial charge in [0, 0.05) is 11.1 Å². The highest BCUT2D eigenvalue weighted by atomic mass is 35.5. The standard InChI is InChI=1S/C19H23Cl2NO2/c1-10(24-17-3-2-15(20)9-16(17)21)19(23)22-18-13-5-11-4-12(7-13)8-14(18)6-11/h2-3,9-14,18H,4-8H2,1H3,(H,22,23)/t10-,11?,12?,13?,14?,18?/m0/s1. The van der Waals surface area contributed by atoms with Gasteiger partial charge in [0.05, 0.1) is 5.02 Å². The average Bonchev–Trinajstić information content (AvgIpc) is 2.52. The van der Waals surface area contributed by atoms with Gasteiger partial charge in [-0.15, -0.1) is 0 Å². The number of benzene rings is 1. The lowest BCUT2D eigenvalue weighted by Crippen LogP contribution is -2.57. The van der Waals surface area contributed by atoms with Crippen molar-refractivity contribution in [3.63, 3.8) is 0 Å². The van der Waals surface area contributed by atoms with Crippen LogP contribution in [0.15, 0.2) is 18.2 Å². The van der Waals surface area contributed by atoms with E-state index in [1.54, 1.807) is 25.1 Å². The zero-order valence-corrected chi connectivity index (χ0v) is 15.3. The Morgan fingerprint density at radius 1 is 1.12 bits per heavy atom. The molecule has 4 saturated carbocycles. The molecule has 1 aromatic carbocycles. The SMILES string of the molecule is C[C@H](Oc1ccc(Cl)cc1Cl)C(=O)NC1C2CC3CC(C2)CC1C3. The van der Waals surface area contributed by atoms with Crippen LogP contribution >= 0.6 is 23.2 Å². The smallest absolute Gasteiger partial charge is 0.261 e. The molecule has 4 aliphatic rings. The van der Waals surface area contributed by atoms with Crippen molar-refractivity contribution >= 4 is 29.1 Å². The maximum Gasteiger partial charge on any atom is 0.261 e. The van der Waals surface area contributed by atoms with Crippen LogP contribution in [0.5, 0.6) is 5.75 Å². The topological polar surface area (TPSA) is 38.3 Å². The minimum Gasteiger partial charge on any atom is -0.479 e. The third-order valence-corrected chi connectivity index (χ3v) is 6.63. The second-order valence-electron chi connectivity index (χ2n) is 7.80. The van der Waals surface area contributed by atoms with Gasteiger partial charge < -0.3 is 10.1 Å². The lowest BCUT2D eigenvalue weighted by Gasteiger charge is -2.54. The Hall–Kier alpha value is -0.930. The second-order valence-corrected chi connectivity index (χ2v) is 8.64. The second kappa shape index (κ2) is 6.42. The number of halogens is 2. The summed E-state index contributed by atoms with van der Waals surface area (Å²) in [7, 11) is 0. The molecule has 0 aliphatic heterocycles. The first-order chi connectivity index (χ1) is 11.5. The van der Waals surface area contributed by atoms with Crippen LogP contribution in [0, 0.1) is 23.7 Å². The van der Waals surface area contributed by atoms with Crippen molar-refractivity contribution in [2.75, 3.05) is 0 Å². The molecule has 0 radical (unpaired) electrons. The fraction of sp³-hybridized carbons (Fsp3) is 0.632. The molecule has 5 heteroatoms. The van der Waals surface area contributed by atoms with Crippen LogP contribution in [0.1, 0.15) is 39.0 Å². The van der Waals surface area contributed by atoms with E-state index in [1.807, 2.05) is 0 Å². The quantitative estimate of drug-likeness (QED) is 0.837. The van der Waals surface area contributed by atoms with E-state index >= 15 is 0 Å². The molecule has 0 heterocycles. The lowest BCUT2D eigenvalue weighted by molar-refractivity contribution is -0.131. The number of hydrogen-bond donors (Lipinski definition) is 1. The van der Waals surface area contributed by atoms with Crippen molar-refractivity contribution in [2.45, 2.75) is 51.2 Å². The fourth-order valence-corrected chi connectivity index (χ4v) is 5.71. The minimum atomic E-state index is -0.569. The van der Waals surface area contributed by atoms with Gasteiger partial charge in [-0.25, -0.2) is 0 Å². The van der Waals surface area contributed by atoms with Crippen molar-refractivity contribution in [1.29, 1.82) is 0 Å². The summed E-state index contributed by atoms with van der Waals surface area (Å²) >= 11 is 12.0. The number of carbonyl (C=O) groups is 1. The predicted octanol–water partition coefficient (Wildman–Crippen LogP) is 4.70. The number of carbonyl (C=O) groups excluding carboxylic acids is 1. The summed E-state index contributed by atoms with van der Waals surface area (Å²) in [6, 6.07) is 5.38. The Morgan fingerprint density at radius 2 is 1.75 bits per heavy atom. The van der Waals surface area contributed by atoms with Crippen molar-refractivity contribution in [3.05, 3.63) is 28.2 Å². The zero-order valence-electron chi connectivity index (χ0n) is 13.8. The van der Waals surface area contributed by atoms with Gasteiger partial charge in [-0.05, 0) is 80.9 Å². The van der Waals surface area contributed by atoms with Gasteiger partial charge in [0.25, 0.3) is 5.91 Å². The van der Waals surface area contributed by atoms with Gasteiger partial charge in [-0.1, -0.05) is 23.2 Å². The Bertz CT molecular complexity index is 620. The highest BCUT2D eigenvalue weighted by Gasteiger charge is 2.48. The number of amides is 1. The molecule has 1 amide bonds. The summed E-state index contributed by atoms with van der Waals surface area (Å²) in [5.41, 5.74) is 0. The first kappa shape index (κ1) is 16.5. The number of hydrogen-bond acceptors (Lipinski definition) is 2. The van der Waals surface area contributed by atoms with Crippen LogP contribution in [0.3, 0.4) is 0 Å². The van der Waals surface area contributed by atoms with Crippen molar-refractivity contribution < 1.29 is 9.53 Å². The van der Waals surface area contributed by atoms with E-state index in [1.165, 1.54) is 32.1 Å². The van der Waals surface area contributed by atoms with Crippen molar-refractivity contribution in [1.82, 2.24) is 5.32 Å². The Kier molecular flexibility index (Phi) is 4.42. The van der Waals surface area contributed by atoms with Crippen LogP contribution in [0.2, 0.25) is 10.0 Å². The average molecular weight is 368 g/mol. The van der Waals surface area contributed by atoms with Crippen LogP contribution in [0.25, 0.3) is 0 Å². The maximum absolute atomic E-state index is 12.6. The van der Waals surface area contributed by atoms with E-state index in [-0.39, 0.29) is 5.91 Å². The van der Waals surface area contributed by atoms with Gasteiger partial charge >= 0.3 is 0 Å². The fourth-order valence-electron chi connectivity index (χ4n) is 5.26. The van der Waals surface area contributed by atoms with Crippen LogP contribution in [-0.4, -0.2) is 18.1 Å². The lowest BCUT2D eigenvalue weighted by atomic mass is 9.54. The van der Waals surface area contributed by atoms with Crippen LogP contribution in [-0.2, 0) is 4.79 Å². The van der Waals surface area contributed by atoms with Gasteiger partial charge in [0.15, 0.2) is 6.10 Å². The van der Waals surface area contributed by atoms with E-state index in [9.17, 15) is 4.79 Å². The molecule has 3 nitrogen and oxygen atoms in total. The summed E-state index contributed by atoms with van der Waals surface area (Å²) in [5, 5.41) is 4.26. The van der Waals surface area contributed by atoms with Gasteiger partial charge in [0.2, 0.25) is 0 Å². The van der Waals surface area contributed by atoms with E-state index in [0.717, 1.165) is 11.8 Å². The van der Waals surface area contributed by atoms with Gasteiger partial charge in [0.1, 0.15) is 5.75 Å². The van der Waals surface area contributed by atoms with Gasteiger partial charge in [-0.3, -0.25) is 4.79 Å². The molecule has 130 valence electrons. The monoisotopic (exact) mass is 367 g/mol. The third kappa shape index (κ3) is 3.13. The predicted molar refractivity (Wildman–Crippen MR) is 95.5 cm³/mol. The Labute approximate surface area is 153 Å². The normalized spacial score (nSPS) is 34.9. The molecule has 4 fully saturated rings. The highest BCUT2D eigenvalue weighted by Crippen LogP contribution is 2.53. The Balaban J connectivity index is 1.39. The summed E-state index contributed by atoms with van der Waals surface area (Å²) in [4.78, 5) is 12.6. The number of ether oxygens (including phenoxy) is 1. The molecule has 0 unspecified atom stereocenters. The van der Waals surface area contributed by atoms with E-state index < -0.39 is 6.10 Å². The van der Waals surface area contributed by atoms with Crippen LogP contribution in [0.4, 0.5) is 0 Å². The summed E-state index contributed by atoms with van der Waals surface area (Å²) in [6.45, 7) is 1.77. The Morgan fingerprint density at radius 3 is 2.33 bits per heavy atom. The molecule has 24 heavy (non-hydrogen) atoms. The van der Waals surface area contributed by atoms with E-state index in [2.05, 4.69) is 5.32 Å². The molecular weight excluding hydrogens is 345 g/mol. The van der Waals surface area contributed by atoms with Gasteiger partial charge in [-0.2, -0.15) is 0 Å². The van der Waals surface area contributed by atoms with Crippen molar-refractivity contribution in [2.24, 2.45) is 23.7 Å². The summed E-state index contributed by atoms with van der Waals surface area (Å²) in [5.74, 6) is 3.59.